The van der Waals surface area contributed by atoms with Crippen LogP contribution >= 0.6 is 0 Å². The molecule has 0 spiro atoms. The van der Waals surface area contributed by atoms with Crippen molar-refractivity contribution in [2.24, 2.45) is 5.92 Å². The second-order valence-corrected chi connectivity index (χ2v) is 5.73. The molecule has 2 atom stereocenters. The number of rotatable bonds is 7. The highest BCUT2D eigenvalue weighted by atomic mass is 16.5. The molecule has 6 heteroatoms. The summed E-state index contributed by atoms with van der Waals surface area (Å²) < 4.78 is 5.10. The normalized spacial score (nSPS) is 20.8. The van der Waals surface area contributed by atoms with Crippen molar-refractivity contribution in [3.63, 3.8) is 0 Å². The predicted molar refractivity (Wildman–Crippen MR) is 85.6 cm³/mol. The van der Waals surface area contributed by atoms with Crippen LogP contribution in [0.3, 0.4) is 0 Å². The van der Waals surface area contributed by atoms with Crippen molar-refractivity contribution in [1.29, 1.82) is 0 Å². The number of carbonyl (C=O) groups is 2. The highest BCUT2D eigenvalue weighted by Gasteiger charge is 2.44. The summed E-state index contributed by atoms with van der Waals surface area (Å²) in [6, 6.07) is 9.32. The minimum Gasteiger partial charge on any atom is -0.395 e. The zero-order valence-corrected chi connectivity index (χ0v) is 13.6. The fourth-order valence-electron chi connectivity index (χ4n) is 3.07. The Balaban J connectivity index is 2.29. The Morgan fingerprint density at radius 1 is 1.39 bits per heavy atom. The molecule has 1 N–H and O–H groups in total. The summed E-state index contributed by atoms with van der Waals surface area (Å²) in [5.41, 5.74) is 0.949. The quantitative estimate of drug-likeness (QED) is 0.802. The van der Waals surface area contributed by atoms with E-state index in [0.717, 1.165) is 5.56 Å². The molecule has 0 aromatic heterocycles. The van der Waals surface area contributed by atoms with Crippen molar-refractivity contribution in [3.05, 3.63) is 35.9 Å². The maximum absolute atomic E-state index is 12.7. The van der Waals surface area contributed by atoms with Gasteiger partial charge in [-0.25, -0.2) is 0 Å². The first kappa shape index (κ1) is 17.4. The van der Waals surface area contributed by atoms with Crippen molar-refractivity contribution in [2.75, 3.05) is 40.5 Å². The number of aliphatic hydroxyl groups is 1. The van der Waals surface area contributed by atoms with Crippen molar-refractivity contribution < 1.29 is 19.4 Å². The van der Waals surface area contributed by atoms with E-state index in [2.05, 4.69) is 0 Å². The summed E-state index contributed by atoms with van der Waals surface area (Å²) in [5, 5.41) is 9.04. The van der Waals surface area contributed by atoms with Crippen molar-refractivity contribution in [1.82, 2.24) is 9.80 Å². The van der Waals surface area contributed by atoms with Gasteiger partial charge in [-0.2, -0.15) is 0 Å². The van der Waals surface area contributed by atoms with Gasteiger partial charge in [0.2, 0.25) is 11.8 Å². The van der Waals surface area contributed by atoms with Crippen LogP contribution in [-0.2, 0) is 14.3 Å². The molecule has 1 aromatic carbocycles. The summed E-state index contributed by atoms with van der Waals surface area (Å²) in [4.78, 5) is 28.3. The number of carbonyl (C=O) groups excluding carboxylic acids is 2. The number of likely N-dealkylation sites (tertiary alicyclic amines) is 1. The number of aliphatic hydroxyl groups excluding tert-OH is 1. The lowest BCUT2D eigenvalue weighted by Gasteiger charge is -2.30. The Morgan fingerprint density at radius 2 is 2.09 bits per heavy atom. The number of likely N-dealkylation sites (N-methyl/N-ethyl adjacent to an activating group) is 1. The zero-order chi connectivity index (χ0) is 16.8. The average Bonchev–Trinajstić information content (AvgIpc) is 2.89. The molecule has 1 heterocycles. The fourth-order valence-corrected chi connectivity index (χ4v) is 3.07. The van der Waals surface area contributed by atoms with E-state index in [1.807, 2.05) is 30.3 Å². The highest BCUT2D eigenvalue weighted by Crippen LogP contribution is 2.38. The first-order chi connectivity index (χ1) is 11.1. The molecule has 6 nitrogen and oxygen atoms in total. The molecule has 126 valence electrons. The molecular formula is C17H24N2O4. The maximum atomic E-state index is 12.7. The van der Waals surface area contributed by atoms with Crippen LogP contribution < -0.4 is 0 Å². The molecule has 0 saturated carbocycles. The van der Waals surface area contributed by atoms with E-state index < -0.39 is 5.92 Å². The van der Waals surface area contributed by atoms with Gasteiger partial charge in [-0.1, -0.05) is 30.3 Å². The minimum absolute atomic E-state index is 0.0355. The van der Waals surface area contributed by atoms with Gasteiger partial charge in [0.15, 0.2) is 0 Å². The van der Waals surface area contributed by atoms with Gasteiger partial charge in [0.1, 0.15) is 0 Å². The third kappa shape index (κ3) is 3.89. The SMILES string of the molecule is COCCN1C(=O)C[C@@H](C(=O)N(C)CCO)[C@@H]1c1ccccc1. The predicted octanol–water partition coefficient (Wildman–Crippen LogP) is 0.673. The zero-order valence-electron chi connectivity index (χ0n) is 13.6. The fraction of sp³-hybridized carbons (Fsp3) is 0.529. The Hall–Kier alpha value is -1.92. The molecule has 1 aromatic rings. The molecule has 0 unspecified atom stereocenters. The lowest BCUT2D eigenvalue weighted by atomic mass is 9.92. The standard InChI is InChI=1S/C17H24N2O4/c1-18(8-10-20)17(22)14-12-15(21)19(9-11-23-2)16(14)13-6-4-3-5-7-13/h3-7,14,16,20H,8-12H2,1-2H3/t14-,16+/m1/s1. The first-order valence-electron chi connectivity index (χ1n) is 7.79. The number of amides is 2. The number of hydrogen-bond donors (Lipinski definition) is 1. The van der Waals surface area contributed by atoms with E-state index in [9.17, 15) is 9.59 Å². The largest absolute Gasteiger partial charge is 0.395 e. The molecule has 1 fully saturated rings. The smallest absolute Gasteiger partial charge is 0.228 e. The third-order valence-corrected chi connectivity index (χ3v) is 4.24. The molecule has 0 bridgehead atoms. The van der Waals surface area contributed by atoms with Gasteiger partial charge in [0.25, 0.3) is 0 Å². The van der Waals surface area contributed by atoms with Crippen LogP contribution in [0.5, 0.6) is 0 Å². The van der Waals surface area contributed by atoms with E-state index in [-0.39, 0.29) is 37.4 Å². The van der Waals surface area contributed by atoms with Crippen LogP contribution in [0.25, 0.3) is 0 Å². The second kappa shape index (κ2) is 8.08. The van der Waals surface area contributed by atoms with Gasteiger partial charge in [-0.05, 0) is 5.56 Å². The van der Waals surface area contributed by atoms with E-state index >= 15 is 0 Å². The summed E-state index contributed by atoms with van der Waals surface area (Å²) >= 11 is 0. The number of methoxy groups -OCH3 is 1. The van der Waals surface area contributed by atoms with Crippen LogP contribution in [0.2, 0.25) is 0 Å². The molecule has 2 amide bonds. The van der Waals surface area contributed by atoms with Gasteiger partial charge in [-0.3, -0.25) is 9.59 Å². The molecule has 0 radical (unpaired) electrons. The number of nitrogens with zero attached hydrogens (tertiary/aromatic N) is 2. The average molecular weight is 320 g/mol. The summed E-state index contributed by atoms with van der Waals surface area (Å²) in [6.45, 7) is 1.07. The van der Waals surface area contributed by atoms with Crippen LogP contribution in [0.4, 0.5) is 0 Å². The summed E-state index contributed by atoms with van der Waals surface area (Å²) in [5.74, 6) is -0.578. The molecule has 1 saturated heterocycles. The third-order valence-electron chi connectivity index (χ3n) is 4.24. The summed E-state index contributed by atoms with van der Waals surface area (Å²) in [6.07, 6.45) is 0.192. The topological polar surface area (TPSA) is 70.1 Å². The Morgan fingerprint density at radius 3 is 2.70 bits per heavy atom. The Bertz CT molecular complexity index is 535. The van der Waals surface area contributed by atoms with Gasteiger partial charge in [0, 0.05) is 33.7 Å². The van der Waals surface area contributed by atoms with Crippen molar-refractivity contribution in [2.45, 2.75) is 12.5 Å². The van der Waals surface area contributed by atoms with Gasteiger partial charge >= 0.3 is 0 Å². The number of ether oxygens (including phenoxy) is 1. The second-order valence-electron chi connectivity index (χ2n) is 5.73. The van der Waals surface area contributed by atoms with Gasteiger partial charge < -0.3 is 19.6 Å². The Labute approximate surface area is 136 Å². The van der Waals surface area contributed by atoms with E-state index in [4.69, 9.17) is 9.84 Å². The van der Waals surface area contributed by atoms with E-state index in [1.54, 1.807) is 19.1 Å². The molecule has 1 aliphatic heterocycles. The minimum atomic E-state index is -0.432. The molecular weight excluding hydrogens is 296 g/mol. The Kier molecular flexibility index (Phi) is 6.12. The lowest BCUT2D eigenvalue weighted by molar-refractivity contribution is -0.135. The molecule has 23 heavy (non-hydrogen) atoms. The highest BCUT2D eigenvalue weighted by molar-refractivity contribution is 5.90. The van der Waals surface area contributed by atoms with Crippen LogP contribution in [0.15, 0.2) is 30.3 Å². The molecule has 0 aliphatic carbocycles. The first-order valence-corrected chi connectivity index (χ1v) is 7.79. The van der Waals surface area contributed by atoms with Crippen LogP contribution in [-0.4, -0.2) is 67.2 Å². The van der Waals surface area contributed by atoms with Crippen LogP contribution in [0, 0.1) is 5.92 Å². The molecule has 1 aliphatic rings. The molecule has 2 rings (SSSR count). The number of hydrogen-bond acceptors (Lipinski definition) is 4. The van der Waals surface area contributed by atoms with Gasteiger partial charge in [0.05, 0.1) is 25.2 Å². The maximum Gasteiger partial charge on any atom is 0.228 e. The van der Waals surface area contributed by atoms with Crippen LogP contribution in [0.1, 0.15) is 18.0 Å². The number of benzene rings is 1. The van der Waals surface area contributed by atoms with E-state index in [1.165, 1.54) is 4.90 Å². The van der Waals surface area contributed by atoms with Crippen molar-refractivity contribution >= 4 is 11.8 Å². The van der Waals surface area contributed by atoms with E-state index in [0.29, 0.717) is 13.2 Å². The van der Waals surface area contributed by atoms with Crippen molar-refractivity contribution in [3.8, 4) is 0 Å². The monoisotopic (exact) mass is 320 g/mol. The van der Waals surface area contributed by atoms with Gasteiger partial charge in [-0.15, -0.1) is 0 Å². The summed E-state index contributed by atoms with van der Waals surface area (Å²) in [7, 11) is 3.25. The lowest BCUT2D eigenvalue weighted by Crippen LogP contribution is -2.38.